The van der Waals surface area contributed by atoms with Crippen LogP contribution in [0.2, 0.25) is 5.02 Å². The molecular weight excluding hydrogens is 302 g/mol. The molecule has 0 saturated heterocycles. The molecule has 114 valence electrons. The number of nitriles is 1. The Hall–Kier alpha value is -2.45. The maximum atomic E-state index is 8.87. The third kappa shape index (κ3) is 3.07. The van der Waals surface area contributed by atoms with Gasteiger partial charge in [-0.15, -0.1) is 0 Å². The molecule has 0 amide bonds. The highest BCUT2D eigenvalue weighted by Gasteiger charge is 2.16. The molecule has 0 fully saturated rings. The number of nitrogens with one attached hydrogen (secondary N) is 1. The molecule has 22 heavy (non-hydrogen) atoms. The van der Waals surface area contributed by atoms with E-state index >= 15 is 0 Å². The molecule has 0 aliphatic carbocycles. The maximum Gasteiger partial charge on any atom is 0.204 e. The van der Waals surface area contributed by atoms with Crippen LogP contribution in [0, 0.1) is 11.3 Å². The highest BCUT2D eigenvalue weighted by atomic mass is 35.5. The van der Waals surface area contributed by atoms with Crippen molar-refractivity contribution >= 4 is 23.1 Å². The Morgan fingerprint density at radius 2 is 2.00 bits per heavy atom. The summed E-state index contributed by atoms with van der Waals surface area (Å²) in [5.41, 5.74) is 2.09. The fraction of sp³-hybridized carbons (Fsp3) is 0.250. The van der Waals surface area contributed by atoms with Crippen molar-refractivity contribution in [3.8, 4) is 17.6 Å². The lowest BCUT2D eigenvalue weighted by molar-refractivity contribution is 0.352. The van der Waals surface area contributed by atoms with Crippen LogP contribution in [0.3, 0.4) is 0 Å². The molecule has 1 N–H and O–H groups in total. The summed E-state index contributed by atoms with van der Waals surface area (Å²) < 4.78 is 10.8. The number of methoxy groups -OCH3 is 2. The highest BCUT2D eigenvalue weighted by Crippen LogP contribution is 2.39. The van der Waals surface area contributed by atoms with Crippen LogP contribution in [0.25, 0.3) is 0 Å². The molecule has 0 bridgehead atoms. The monoisotopic (exact) mass is 317 g/mol. The van der Waals surface area contributed by atoms with Crippen LogP contribution in [0.1, 0.15) is 18.1 Å². The zero-order valence-electron chi connectivity index (χ0n) is 12.6. The van der Waals surface area contributed by atoms with Crippen LogP contribution in [0.5, 0.6) is 11.5 Å². The summed E-state index contributed by atoms with van der Waals surface area (Å²) in [6.07, 6.45) is 2.52. The summed E-state index contributed by atoms with van der Waals surface area (Å²) >= 11 is 6.17. The largest absolute Gasteiger partial charge is 0.492 e. The molecule has 1 heterocycles. The van der Waals surface area contributed by atoms with E-state index < -0.39 is 0 Å². The molecule has 1 aromatic heterocycles. The second-order valence-electron chi connectivity index (χ2n) is 4.48. The fourth-order valence-corrected chi connectivity index (χ4v) is 2.31. The predicted octanol–water partition coefficient (Wildman–Crippen LogP) is 3.93. The standard InChI is InChI=1S/C16H16ClN3O2/c1-4-11-9-19-16(15(22-3)14(11)21-2)20-13-6-5-10(8-18)7-12(13)17/h5-7,9H,4H2,1-3H3,(H,19,20). The Balaban J connectivity index is 2.44. The number of pyridine rings is 1. The number of nitrogens with zero attached hydrogens (tertiary/aromatic N) is 2. The summed E-state index contributed by atoms with van der Waals surface area (Å²) in [6, 6.07) is 7.04. The molecule has 0 radical (unpaired) electrons. The van der Waals surface area contributed by atoms with Gasteiger partial charge in [0.25, 0.3) is 0 Å². The van der Waals surface area contributed by atoms with E-state index in [2.05, 4.69) is 10.3 Å². The number of aryl methyl sites for hydroxylation is 1. The average Bonchev–Trinajstić information content (AvgIpc) is 2.55. The Labute approximate surface area is 134 Å². The van der Waals surface area contributed by atoms with E-state index in [0.29, 0.717) is 33.6 Å². The molecule has 0 atom stereocenters. The first-order chi connectivity index (χ1) is 10.6. The number of halogens is 1. The van der Waals surface area contributed by atoms with Gasteiger partial charge in [-0.3, -0.25) is 0 Å². The maximum absolute atomic E-state index is 8.87. The van der Waals surface area contributed by atoms with Crippen LogP contribution in [-0.4, -0.2) is 19.2 Å². The van der Waals surface area contributed by atoms with Gasteiger partial charge in [-0.25, -0.2) is 4.98 Å². The van der Waals surface area contributed by atoms with Gasteiger partial charge in [0.15, 0.2) is 11.6 Å². The fourth-order valence-electron chi connectivity index (χ4n) is 2.08. The number of hydrogen-bond donors (Lipinski definition) is 1. The lowest BCUT2D eigenvalue weighted by Gasteiger charge is -2.16. The minimum atomic E-state index is 0.432. The normalized spacial score (nSPS) is 9.95. The van der Waals surface area contributed by atoms with Gasteiger partial charge < -0.3 is 14.8 Å². The molecule has 0 aliphatic rings. The van der Waals surface area contributed by atoms with Crippen molar-refractivity contribution in [2.45, 2.75) is 13.3 Å². The van der Waals surface area contributed by atoms with E-state index in [1.54, 1.807) is 38.6 Å². The number of ether oxygens (including phenoxy) is 2. The van der Waals surface area contributed by atoms with Crippen LogP contribution < -0.4 is 14.8 Å². The SMILES string of the molecule is CCc1cnc(Nc2ccc(C#N)cc2Cl)c(OC)c1OC. The van der Waals surface area contributed by atoms with E-state index in [-0.39, 0.29) is 0 Å². The summed E-state index contributed by atoms with van der Waals surface area (Å²) in [6.45, 7) is 2.02. The van der Waals surface area contributed by atoms with Gasteiger partial charge in [-0.05, 0) is 24.6 Å². The third-order valence-electron chi connectivity index (χ3n) is 3.20. The number of benzene rings is 1. The Morgan fingerprint density at radius 3 is 2.55 bits per heavy atom. The molecule has 0 spiro atoms. The summed E-state index contributed by atoms with van der Waals surface area (Å²) in [4.78, 5) is 4.37. The topological polar surface area (TPSA) is 67.2 Å². The Bertz CT molecular complexity index is 726. The molecule has 0 unspecified atom stereocenters. The summed E-state index contributed by atoms with van der Waals surface area (Å²) in [5, 5.41) is 12.4. The first-order valence-corrected chi connectivity index (χ1v) is 7.08. The zero-order valence-corrected chi connectivity index (χ0v) is 13.4. The van der Waals surface area contributed by atoms with Crippen molar-refractivity contribution in [2.75, 3.05) is 19.5 Å². The number of anilines is 2. The molecular formula is C16H16ClN3O2. The molecule has 2 rings (SSSR count). The van der Waals surface area contributed by atoms with E-state index in [9.17, 15) is 0 Å². The van der Waals surface area contributed by atoms with Crippen LogP contribution in [0.4, 0.5) is 11.5 Å². The zero-order chi connectivity index (χ0) is 16.1. The lowest BCUT2D eigenvalue weighted by atomic mass is 10.2. The van der Waals surface area contributed by atoms with Gasteiger partial charge in [-0.2, -0.15) is 5.26 Å². The number of aromatic nitrogens is 1. The number of rotatable bonds is 5. The van der Waals surface area contributed by atoms with Crippen molar-refractivity contribution in [3.63, 3.8) is 0 Å². The molecule has 0 saturated carbocycles. The van der Waals surface area contributed by atoms with Crippen LogP contribution >= 0.6 is 11.6 Å². The molecule has 2 aromatic rings. The van der Waals surface area contributed by atoms with Crippen LogP contribution in [-0.2, 0) is 6.42 Å². The van der Waals surface area contributed by atoms with Crippen molar-refractivity contribution in [1.82, 2.24) is 4.98 Å². The van der Waals surface area contributed by atoms with Crippen molar-refractivity contribution in [2.24, 2.45) is 0 Å². The van der Waals surface area contributed by atoms with Gasteiger partial charge >= 0.3 is 0 Å². The minimum Gasteiger partial charge on any atom is -0.492 e. The van der Waals surface area contributed by atoms with Crippen molar-refractivity contribution in [3.05, 3.63) is 40.5 Å². The first kappa shape index (κ1) is 15.9. The summed E-state index contributed by atoms with van der Waals surface area (Å²) in [5.74, 6) is 1.66. The quantitative estimate of drug-likeness (QED) is 0.905. The highest BCUT2D eigenvalue weighted by molar-refractivity contribution is 6.33. The van der Waals surface area contributed by atoms with Crippen molar-refractivity contribution in [1.29, 1.82) is 5.26 Å². The van der Waals surface area contributed by atoms with Gasteiger partial charge in [0.1, 0.15) is 0 Å². The second kappa shape index (κ2) is 7.01. The summed E-state index contributed by atoms with van der Waals surface area (Å²) in [7, 11) is 3.15. The minimum absolute atomic E-state index is 0.432. The molecule has 5 nitrogen and oxygen atoms in total. The van der Waals surface area contributed by atoms with Gasteiger partial charge in [-0.1, -0.05) is 18.5 Å². The predicted molar refractivity (Wildman–Crippen MR) is 86.2 cm³/mol. The third-order valence-corrected chi connectivity index (χ3v) is 3.52. The van der Waals surface area contributed by atoms with Crippen molar-refractivity contribution < 1.29 is 9.47 Å². The molecule has 6 heteroatoms. The van der Waals surface area contributed by atoms with Crippen LogP contribution in [0.15, 0.2) is 24.4 Å². The first-order valence-electron chi connectivity index (χ1n) is 6.71. The molecule has 0 aliphatic heterocycles. The van der Waals surface area contributed by atoms with Gasteiger partial charge in [0, 0.05) is 11.8 Å². The smallest absolute Gasteiger partial charge is 0.204 e. The molecule has 1 aromatic carbocycles. The van der Waals surface area contributed by atoms with Gasteiger partial charge in [0.2, 0.25) is 5.75 Å². The lowest BCUT2D eigenvalue weighted by Crippen LogP contribution is -2.03. The Morgan fingerprint density at radius 1 is 1.27 bits per heavy atom. The second-order valence-corrected chi connectivity index (χ2v) is 4.89. The van der Waals surface area contributed by atoms with E-state index in [0.717, 1.165) is 12.0 Å². The Kier molecular flexibility index (Phi) is 5.08. The average molecular weight is 318 g/mol. The van der Waals surface area contributed by atoms with Gasteiger partial charge in [0.05, 0.1) is 36.6 Å². The number of hydrogen-bond acceptors (Lipinski definition) is 5. The van der Waals surface area contributed by atoms with E-state index in [1.807, 2.05) is 13.0 Å². The van der Waals surface area contributed by atoms with E-state index in [4.69, 9.17) is 26.3 Å². The van der Waals surface area contributed by atoms with E-state index in [1.165, 1.54) is 0 Å².